The zero-order chi connectivity index (χ0) is 17.7. The Morgan fingerprint density at radius 1 is 1.25 bits per heavy atom. The molecule has 1 atom stereocenters. The second-order valence-electron chi connectivity index (χ2n) is 5.75. The lowest BCUT2D eigenvalue weighted by Crippen LogP contribution is -2.40. The number of ether oxygens (including phenoxy) is 2. The molecule has 0 radical (unpaired) electrons. The van der Waals surface area contributed by atoms with E-state index in [4.69, 9.17) is 9.47 Å². The van der Waals surface area contributed by atoms with Crippen molar-refractivity contribution in [1.82, 2.24) is 4.90 Å². The number of benzene rings is 1. The van der Waals surface area contributed by atoms with Gasteiger partial charge in [0.15, 0.2) is 16.4 Å². The molecule has 1 fully saturated rings. The molecule has 1 heterocycles. The van der Waals surface area contributed by atoms with Crippen LogP contribution in [0.5, 0.6) is 5.75 Å². The third kappa shape index (κ3) is 4.95. The number of carbonyl (C=O) groups is 2. The van der Waals surface area contributed by atoms with Crippen molar-refractivity contribution in [3.8, 4) is 5.75 Å². The van der Waals surface area contributed by atoms with E-state index in [0.717, 1.165) is 5.56 Å². The summed E-state index contributed by atoms with van der Waals surface area (Å²) in [6.07, 6.45) is 0.475. The van der Waals surface area contributed by atoms with Crippen molar-refractivity contribution in [2.45, 2.75) is 18.9 Å². The number of carbonyl (C=O) groups excluding carboxylic acids is 2. The highest BCUT2D eigenvalue weighted by atomic mass is 32.2. The highest BCUT2D eigenvalue weighted by Gasteiger charge is 2.32. The van der Waals surface area contributed by atoms with Crippen molar-refractivity contribution in [1.29, 1.82) is 0 Å². The minimum absolute atomic E-state index is 0.0327. The number of amides is 1. The lowest BCUT2D eigenvalue weighted by atomic mass is 10.1. The lowest BCUT2D eigenvalue weighted by molar-refractivity contribution is -0.151. The van der Waals surface area contributed by atoms with Gasteiger partial charge in [0.25, 0.3) is 5.91 Å². The summed E-state index contributed by atoms with van der Waals surface area (Å²) in [5.41, 5.74) is 0.753. The average molecular weight is 355 g/mol. The molecule has 1 aromatic rings. The van der Waals surface area contributed by atoms with Crippen LogP contribution in [-0.4, -0.2) is 63.5 Å². The molecule has 132 valence electrons. The van der Waals surface area contributed by atoms with E-state index in [1.165, 1.54) is 11.9 Å². The SMILES string of the molecule is COc1ccc(CC(=O)OCC(=O)N(C)[C@@H]2CCS(=O)(=O)C2)cc1. The van der Waals surface area contributed by atoms with Crippen LogP contribution in [-0.2, 0) is 30.6 Å². The van der Waals surface area contributed by atoms with E-state index in [1.807, 2.05) is 0 Å². The first-order valence-electron chi connectivity index (χ1n) is 7.55. The predicted molar refractivity (Wildman–Crippen MR) is 87.5 cm³/mol. The normalized spacial score (nSPS) is 18.8. The van der Waals surface area contributed by atoms with Crippen LogP contribution in [0.15, 0.2) is 24.3 Å². The molecule has 0 unspecified atom stereocenters. The summed E-state index contributed by atoms with van der Waals surface area (Å²) in [5, 5.41) is 0. The Balaban J connectivity index is 1.79. The maximum Gasteiger partial charge on any atom is 0.310 e. The number of likely N-dealkylation sites (N-methyl/N-ethyl adjacent to an activating group) is 1. The standard InChI is InChI=1S/C16H21NO6S/c1-17(13-7-8-24(20,21)11-13)15(18)10-23-16(19)9-12-3-5-14(22-2)6-4-12/h3-6,13H,7-11H2,1-2H3/t13-/m1/s1. The minimum atomic E-state index is -3.06. The first-order chi connectivity index (χ1) is 11.3. The number of esters is 1. The van der Waals surface area contributed by atoms with Crippen LogP contribution in [0.25, 0.3) is 0 Å². The van der Waals surface area contributed by atoms with Gasteiger partial charge in [-0.2, -0.15) is 0 Å². The van der Waals surface area contributed by atoms with Gasteiger partial charge in [0.1, 0.15) is 5.75 Å². The highest BCUT2D eigenvalue weighted by Crippen LogP contribution is 2.16. The van der Waals surface area contributed by atoms with Gasteiger partial charge >= 0.3 is 5.97 Å². The molecule has 1 aliphatic rings. The number of methoxy groups -OCH3 is 1. The van der Waals surface area contributed by atoms with Gasteiger partial charge in [0.05, 0.1) is 25.0 Å². The molecule has 1 saturated heterocycles. The molecular weight excluding hydrogens is 334 g/mol. The second-order valence-corrected chi connectivity index (χ2v) is 7.98. The summed E-state index contributed by atoms with van der Waals surface area (Å²) in [6, 6.07) is 6.63. The maximum atomic E-state index is 12.0. The topological polar surface area (TPSA) is 90.0 Å². The molecule has 1 amide bonds. The van der Waals surface area contributed by atoms with E-state index >= 15 is 0 Å². The van der Waals surface area contributed by atoms with Gasteiger partial charge in [-0.05, 0) is 24.1 Å². The van der Waals surface area contributed by atoms with Crippen LogP contribution in [0.2, 0.25) is 0 Å². The molecule has 8 heteroatoms. The third-order valence-electron chi connectivity index (χ3n) is 4.01. The summed E-state index contributed by atoms with van der Waals surface area (Å²) in [6.45, 7) is -0.387. The summed E-state index contributed by atoms with van der Waals surface area (Å²) in [5.74, 6) is -0.168. The Bertz CT molecular complexity index is 698. The van der Waals surface area contributed by atoms with Crippen LogP contribution in [0.1, 0.15) is 12.0 Å². The minimum Gasteiger partial charge on any atom is -0.497 e. The summed E-state index contributed by atoms with van der Waals surface area (Å²) in [4.78, 5) is 25.2. The molecule has 24 heavy (non-hydrogen) atoms. The van der Waals surface area contributed by atoms with E-state index < -0.39 is 21.7 Å². The van der Waals surface area contributed by atoms with Gasteiger partial charge in [0.2, 0.25) is 0 Å². The monoisotopic (exact) mass is 355 g/mol. The first-order valence-corrected chi connectivity index (χ1v) is 9.37. The number of sulfone groups is 1. The smallest absolute Gasteiger partial charge is 0.310 e. The van der Waals surface area contributed by atoms with Crippen LogP contribution in [0.4, 0.5) is 0 Å². The van der Waals surface area contributed by atoms with Crippen molar-refractivity contribution < 1.29 is 27.5 Å². The van der Waals surface area contributed by atoms with Crippen molar-refractivity contribution in [3.63, 3.8) is 0 Å². The molecule has 2 rings (SSSR count). The molecule has 0 aromatic heterocycles. The summed E-state index contributed by atoms with van der Waals surface area (Å²) >= 11 is 0. The van der Waals surface area contributed by atoms with Gasteiger partial charge in [-0.1, -0.05) is 12.1 Å². The molecule has 0 N–H and O–H groups in total. The van der Waals surface area contributed by atoms with E-state index in [-0.39, 0.29) is 30.6 Å². The number of rotatable bonds is 6. The van der Waals surface area contributed by atoms with E-state index in [0.29, 0.717) is 12.2 Å². The Kier molecular flexibility index (Phi) is 5.82. The Morgan fingerprint density at radius 3 is 2.46 bits per heavy atom. The molecule has 1 aromatic carbocycles. The molecule has 7 nitrogen and oxygen atoms in total. The zero-order valence-corrected chi connectivity index (χ0v) is 14.5. The maximum absolute atomic E-state index is 12.0. The Hall–Kier alpha value is -2.09. The van der Waals surface area contributed by atoms with Gasteiger partial charge < -0.3 is 14.4 Å². The fraction of sp³-hybridized carbons (Fsp3) is 0.500. The van der Waals surface area contributed by atoms with Gasteiger partial charge in [-0.25, -0.2) is 8.42 Å². The van der Waals surface area contributed by atoms with Gasteiger partial charge in [-0.3, -0.25) is 9.59 Å². The zero-order valence-electron chi connectivity index (χ0n) is 13.7. The molecule has 0 aliphatic carbocycles. The predicted octanol–water partition coefficient (Wildman–Crippen LogP) is 0.426. The number of hydrogen-bond donors (Lipinski definition) is 0. The highest BCUT2D eigenvalue weighted by molar-refractivity contribution is 7.91. The molecule has 1 aliphatic heterocycles. The van der Waals surface area contributed by atoms with Gasteiger partial charge in [-0.15, -0.1) is 0 Å². The van der Waals surface area contributed by atoms with Gasteiger partial charge in [0, 0.05) is 13.1 Å². The molecular formula is C16H21NO6S. The summed E-state index contributed by atoms with van der Waals surface area (Å²) in [7, 11) is 0.0258. The van der Waals surface area contributed by atoms with Crippen LogP contribution in [0.3, 0.4) is 0 Å². The number of nitrogens with zero attached hydrogens (tertiary/aromatic N) is 1. The van der Waals surface area contributed by atoms with E-state index in [2.05, 4.69) is 0 Å². The van der Waals surface area contributed by atoms with E-state index in [9.17, 15) is 18.0 Å². The molecule has 0 bridgehead atoms. The van der Waals surface area contributed by atoms with Crippen molar-refractivity contribution >= 4 is 21.7 Å². The largest absolute Gasteiger partial charge is 0.497 e. The average Bonchev–Trinajstić information content (AvgIpc) is 2.92. The van der Waals surface area contributed by atoms with Crippen molar-refractivity contribution in [2.75, 3.05) is 32.3 Å². The van der Waals surface area contributed by atoms with Crippen LogP contribution >= 0.6 is 0 Å². The first kappa shape index (κ1) is 18.3. The van der Waals surface area contributed by atoms with E-state index in [1.54, 1.807) is 31.4 Å². The Morgan fingerprint density at radius 2 is 1.92 bits per heavy atom. The third-order valence-corrected chi connectivity index (χ3v) is 5.76. The lowest BCUT2D eigenvalue weighted by Gasteiger charge is -2.23. The molecule has 0 saturated carbocycles. The molecule has 0 spiro atoms. The summed E-state index contributed by atoms with van der Waals surface area (Å²) < 4.78 is 32.9. The Labute approximate surface area is 141 Å². The fourth-order valence-corrected chi connectivity index (χ4v) is 4.26. The quantitative estimate of drug-likeness (QED) is 0.687. The van der Waals surface area contributed by atoms with Crippen LogP contribution in [0, 0.1) is 0 Å². The number of hydrogen-bond acceptors (Lipinski definition) is 6. The van der Waals surface area contributed by atoms with Crippen molar-refractivity contribution in [3.05, 3.63) is 29.8 Å². The second kappa shape index (κ2) is 7.65. The van der Waals surface area contributed by atoms with Crippen molar-refractivity contribution in [2.24, 2.45) is 0 Å². The fourth-order valence-electron chi connectivity index (χ4n) is 2.49. The van der Waals surface area contributed by atoms with Crippen LogP contribution < -0.4 is 4.74 Å².